The van der Waals surface area contributed by atoms with E-state index < -0.39 is 0 Å². The first kappa shape index (κ1) is 13.1. The largest absolute Gasteiger partial charge is 0.397 e. The van der Waals surface area contributed by atoms with E-state index in [0.717, 1.165) is 24.1 Å². The van der Waals surface area contributed by atoms with Crippen molar-refractivity contribution >= 4 is 33.0 Å². The number of amides is 1. The number of nitrogens with zero attached hydrogens (tertiary/aromatic N) is 1. The van der Waals surface area contributed by atoms with Crippen molar-refractivity contribution in [3.8, 4) is 0 Å². The zero-order valence-corrected chi connectivity index (χ0v) is 12.5. The third-order valence-corrected chi connectivity index (χ3v) is 5.45. The summed E-state index contributed by atoms with van der Waals surface area (Å²) in [6, 6.07) is 5.23. The molecular formula is C16H17FN2OS. The molecule has 3 nitrogen and oxygen atoms in total. The van der Waals surface area contributed by atoms with Crippen LogP contribution in [0.1, 0.15) is 35.4 Å². The van der Waals surface area contributed by atoms with Gasteiger partial charge in [-0.3, -0.25) is 4.79 Å². The average Bonchev–Trinajstić information content (AvgIpc) is 3.34. The number of benzene rings is 1. The zero-order valence-electron chi connectivity index (χ0n) is 11.6. The predicted octanol–water partition coefficient (Wildman–Crippen LogP) is 3.64. The van der Waals surface area contributed by atoms with Crippen molar-refractivity contribution in [2.45, 2.75) is 31.7 Å². The van der Waals surface area contributed by atoms with Gasteiger partial charge >= 0.3 is 0 Å². The van der Waals surface area contributed by atoms with Gasteiger partial charge in [-0.25, -0.2) is 4.39 Å². The monoisotopic (exact) mass is 304 g/mol. The fourth-order valence-electron chi connectivity index (χ4n) is 2.78. The fraction of sp³-hybridized carbons (Fsp3) is 0.438. The first-order valence-electron chi connectivity index (χ1n) is 7.42. The Hall–Kier alpha value is -1.62. The van der Waals surface area contributed by atoms with Gasteiger partial charge < -0.3 is 10.6 Å². The molecule has 0 radical (unpaired) electrons. The summed E-state index contributed by atoms with van der Waals surface area (Å²) in [6.07, 6.45) is 4.59. The second kappa shape index (κ2) is 4.70. The van der Waals surface area contributed by atoms with E-state index in [1.165, 1.54) is 30.2 Å². The van der Waals surface area contributed by atoms with Crippen LogP contribution < -0.4 is 5.73 Å². The van der Waals surface area contributed by atoms with E-state index in [2.05, 4.69) is 0 Å². The highest BCUT2D eigenvalue weighted by Crippen LogP contribution is 2.40. The van der Waals surface area contributed by atoms with Gasteiger partial charge in [0, 0.05) is 17.3 Å². The van der Waals surface area contributed by atoms with Crippen LogP contribution in [0.4, 0.5) is 10.1 Å². The highest BCUT2D eigenvalue weighted by Gasteiger charge is 2.38. The minimum atomic E-state index is -0.347. The Morgan fingerprint density at radius 2 is 2.10 bits per heavy atom. The Morgan fingerprint density at radius 1 is 1.33 bits per heavy atom. The molecule has 2 N–H and O–H groups in total. The molecule has 0 aliphatic heterocycles. The summed E-state index contributed by atoms with van der Waals surface area (Å²) < 4.78 is 14.7. The Balaban J connectivity index is 1.72. The lowest BCUT2D eigenvalue weighted by molar-refractivity contribution is 0.0741. The van der Waals surface area contributed by atoms with Crippen molar-refractivity contribution in [2.24, 2.45) is 5.92 Å². The van der Waals surface area contributed by atoms with Crippen molar-refractivity contribution in [3.63, 3.8) is 0 Å². The van der Waals surface area contributed by atoms with Gasteiger partial charge in [-0.2, -0.15) is 0 Å². The lowest BCUT2D eigenvalue weighted by Gasteiger charge is -2.21. The Bertz CT molecular complexity index is 718. The molecule has 5 heteroatoms. The molecule has 0 atom stereocenters. The molecule has 0 bridgehead atoms. The van der Waals surface area contributed by atoms with E-state index in [4.69, 9.17) is 5.73 Å². The molecule has 1 heterocycles. The quantitative estimate of drug-likeness (QED) is 0.937. The molecule has 0 saturated heterocycles. The zero-order chi connectivity index (χ0) is 14.6. The second-order valence-electron chi connectivity index (χ2n) is 6.09. The first-order chi connectivity index (χ1) is 10.1. The van der Waals surface area contributed by atoms with Gasteiger partial charge in [-0.15, -0.1) is 11.3 Å². The number of carbonyl (C=O) groups is 1. The van der Waals surface area contributed by atoms with Gasteiger partial charge in [-0.1, -0.05) is 6.07 Å². The van der Waals surface area contributed by atoms with Crippen LogP contribution in [0.3, 0.4) is 0 Å². The molecule has 2 aliphatic rings. The summed E-state index contributed by atoms with van der Waals surface area (Å²) in [5.41, 5.74) is 6.37. The van der Waals surface area contributed by atoms with E-state index in [9.17, 15) is 9.18 Å². The van der Waals surface area contributed by atoms with Gasteiger partial charge in [0.1, 0.15) is 10.7 Å². The molecule has 2 aromatic rings. The van der Waals surface area contributed by atoms with Crippen LogP contribution in [-0.4, -0.2) is 23.4 Å². The van der Waals surface area contributed by atoms with E-state index >= 15 is 0 Å². The normalized spacial score (nSPS) is 18.1. The van der Waals surface area contributed by atoms with Gasteiger partial charge in [0.15, 0.2) is 0 Å². The van der Waals surface area contributed by atoms with Crippen LogP contribution in [0.15, 0.2) is 18.2 Å². The number of carbonyl (C=O) groups excluding carboxylic acids is 1. The van der Waals surface area contributed by atoms with Crippen LogP contribution >= 0.6 is 11.3 Å². The second-order valence-corrected chi connectivity index (χ2v) is 7.14. The highest BCUT2D eigenvalue weighted by atomic mass is 32.1. The number of hydrogen-bond donors (Lipinski definition) is 1. The fourth-order valence-corrected chi connectivity index (χ4v) is 3.87. The average molecular weight is 304 g/mol. The van der Waals surface area contributed by atoms with Gasteiger partial charge in [0.05, 0.1) is 11.1 Å². The van der Waals surface area contributed by atoms with Crippen LogP contribution in [-0.2, 0) is 0 Å². The minimum absolute atomic E-state index is 0.0116. The molecule has 0 spiro atoms. The van der Waals surface area contributed by atoms with Gasteiger partial charge in [0.2, 0.25) is 0 Å². The standard InChI is InChI=1S/C16H17FN2OS/c17-11-2-1-3-12-13(11)14(18)15(21-12)16(20)19(10-6-7-10)8-9-4-5-9/h1-3,9-10H,4-8,18H2. The molecule has 2 aliphatic carbocycles. The van der Waals surface area contributed by atoms with Crippen LogP contribution in [0.2, 0.25) is 0 Å². The predicted molar refractivity (Wildman–Crippen MR) is 83.0 cm³/mol. The molecular weight excluding hydrogens is 287 g/mol. The number of thiophene rings is 1. The molecule has 2 fully saturated rings. The molecule has 1 aromatic carbocycles. The Kier molecular flexibility index (Phi) is 2.92. The van der Waals surface area contributed by atoms with E-state index in [1.807, 2.05) is 11.0 Å². The van der Waals surface area contributed by atoms with Crippen molar-refractivity contribution in [3.05, 3.63) is 28.9 Å². The van der Waals surface area contributed by atoms with Gasteiger partial charge in [0.25, 0.3) is 5.91 Å². The lowest BCUT2D eigenvalue weighted by Crippen LogP contribution is -2.34. The summed E-state index contributed by atoms with van der Waals surface area (Å²) in [5, 5.41) is 0.396. The number of nitrogen functional groups attached to an aromatic ring is 1. The molecule has 21 heavy (non-hydrogen) atoms. The molecule has 0 unspecified atom stereocenters. The number of nitrogens with two attached hydrogens (primary N) is 1. The van der Waals surface area contributed by atoms with E-state index in [-0.39, 0.29) is 11.7 Å². The first-order valence-corrected chi connectivity index (χ1v) is 8.24. The maximum Gasteiger partial charge on any atom is 0.266 e. The van der Waals surface area contributed by atoms with Gasteiger partial charge in [-0.05, 0) is 43.7 Å². The maximum absolute atomic E-state index is 13.9. The van der Waals surface area contributed by atoms with Crippen molar-refractivity contribution in [1.29, 1.82) is 0 Å². The van der Waals surface area contributed by atoms with E-state index in [1.54, 1.807) is 6.07 Å². The SMILES string of the molecule is Nc1c(C(=O)N(CC2CC2)C2CC2)sc2cccc(F)c12. The summed E-state index contributed by atoms with van der Waals surface area (Å²) in [7, 11) is 0. The number of fused-ring (bicyclic) bond motifs is 1. The van der Waals surface area contributed by atoms with Crippen LogP contribution in [0.25, 0.3) is 10.1 Å². The maximum atomic E-state index is 13.9. The number of hydrogen-bond acceptors (Lipinski definition) is 3. The molecule has 1 amide bonds. The Morgan fingerprint density at radius 3 is 2.71 bits per heavy atom. The Labute approximate surface area is 126 Å². The summed E-state index contributed by atoms with van der Waals surface area (Å²) >= 11 is 1.31. The summed E-state index contributed by atoms with van der Waals surface area (Å²) in [5.74, 6) is 0.296. The van der Waals surface area contributed by atoms with Crippen molar-refractivity contribution in [2.75, 3.05) is 12.3 Å². The van der Waals surface area contributed by atoms with Crippen LogP contribution in [0, 0.1) is 11.7 Å². The molecule has 110 valence electrons. The number of halogens is 1. The number of rotatable bonds is 4. The molecule has 1 aromatic heterocycles. The van der Waals surface area contributed by atoms with Crippen molar-refractivity contribution < 1.29 is 9.18 Å². The third kappa shape index (κ3) is 2.29. The lowest BCUT2D eigenvalue weighted by atomic mass is 10.2. The summed E-state index contributed by atoms with van der Waals surface area (Å²) in [4.78, 5) is 15.3. The van der Waals surface area contributed by atoms with E-state index in [0.29, 0.717) is 27.9 Å². The summed E-state index contributed by atoms with van der Waals surface area (Å²) in [6.45, 7) is 0.833. The smallest absolute Gasteiger partial charge is 0.266 e. The number of anilines is 1. The molecule has 2 saturated carbocycles. The minimum Gasteiger partial charge on any atom is -0.397 e. The third-order valence-electron chi connectivity index (χ3n) is 4.30. The molecule has 4 rings (SSSR count). The van der Waals surface area contributed by atoms with Crippen molar-refractivity contribution in [1.82, 2.24) is 4.90 Å². The van der Waals surface area contributed by atoms with Crippen LogP contribution in [0.5, 0.6) is 0 Å². The highest BCUT2D eigenvalue weighted by molar-refractivity contribution is 7.21. The topological polar surface area (TPSA) is 46.3 Å².